The molecule has 0 saturated carbocycles. The summed E-state index contributed by atoms with van der Waals surface area (Å²) in [5.74, 6) is -0.333. The van der Waals surface area contributed by atoms with Crippen molar-refractivity contribution in [3.63, 3.8) is 0 Å². The first-order chi connectivity index (χ1) is 23.3. The molecular formula is C32H20N6Na2O9S2. The van der Waals surface area contributed by atoms with Crippen molar-refractivity contribution in [2.75, 3.05) is 5.43 Å². The molecule has 0 heterocycles. The molecule has 0 spiro atoms. The molecule has 6 rings (SSSR count). The number of allylic oxidation sites excluding steroid dienone is 6. The van der Waals surface area contributed by atoms with E-state index >= 15 is 0 Å². The SMILES string of the molecule is O=[N+]([O-])c1ccc(N=C2C=CC(=NN=C3C=CC(=NNc4c(S(=O)(=O)O)ccc5c([O-])cccc45)c4ccccc43)C=C2)c(S(=O)(=O)[O-])c1.[Na+].[Na+]. The van der Waals surface area contributed by atoms with Gasteiger partial charge in [0.15, 0.2) is 0 Å². The van der Waals surface area contributed by atoms with Crippen LogP contribution in [-0.4, -0.2) is 53.7 Å². The Bertz CT molecular complexity index is 2510. The summed E-state index contributed by atoms with van der Waals surface area (Å²) < 4.78 is 69.2. The number of aliphatic imine (C=N–C) groups is 1. The van der Waals surface area contributed by atoms with E-state index in [4.69, 9.17) is 0 Å². The largest absolute Gasteiger partial charge is 1.00 e. The molecule has 0 aliphatic heterocycles. The molecule has 0 radical (unpaired) electrons. The Morgan fingerprint density at radius 1 is 0.706 bits per heavy atom. The molecule has 0 atom stereocenters. The summed E-state index contributed by atoms with van der Waals surface area (Å²) in [5.41, 5.74) is 4.57. The van der Waals surface area contributed by atoms with Crippen LogP contribution >= 0.6 is 0 Å². The summed E-state index contributed by atoms with van der Waals surface area (Å²) in [5, 5.41) is 36.9. The number of rotatable bonds is 7. The van der Waals surface area contributed by atoms with E-state index in [1.54, 1.807) is 48.6 Å². The molecule has 0 bridgehead atoms. The molecule has 4 aromatic rings. The second-order valence-corrected chi connectivity index (χ2v) is 13.1. The Morgan fingerprint density at radius 2 is 1.35 bits per heavy atom. The van der Waals surface area contributed by atoms with E-state index in [1.807, 2.05) is 0 Å². The van der Waals surface area contributed by atoms with E-state index < -0.39 is 40.6 Å². The molecule has 0 fully saturated rings. The Labute approximate surface area is 334 Å². The van der Waals surface area contributed by atoms with Crippen molar-refractivity contribution in [2.24, 2.45) is 20.3 Å². The molecule has 51 heavy (non-hydrogen) atoms. The molecule has 15 nitrogen and oxygen atoms in total. The fourth-order valence-corrected chi connectivity index (χ4v) is 6.25. The van der Waals surface area contributed by atoms with E-state index in [2.05, 4.69) is 25.7 Å². The first kappa shape index (κ1) is 39.6. The van der Waals surface area contributed by atoms with Crippen molar-refractivity contribution < 1.29 is 95.1 Å². The van der Waals surface area contributed by atoms with Gasteiger partial charge in [-0.15, -0.1) is 10.9 Å². The van der Waals surface area contributed by atoms with Crippen LogP contribution in [0.5, 0.6) is 5.75 Å². The summed E-state index contributed by atoms with van der Waals surface area (Å²) in [7, 11) is -9.73. The number of nitro benzene ring substituents is 1. The number of nitrogens with one attached hydrogen (secondary N) is 1. The zero-order valence-corrected chi connectivity index (χ0v) is 32.3. The van der Waals surface area contributed by atoms with Crippen molar-refractivity contribution in [3.05, 3.63) is 130 Å². The third kappa shape index (κ3) is 8.85. The third-order valence-corrected chi connectivity index (χ3v) is 8.99. The van der Waals surface area contributed by atoms with Gasteiger partial charge in [0.25, 0.3) is 15.8 Å². The monoisotopic (exact) mass is 742 g/mol. The van der Waals surface area contributed by atoms with Crippen LogP contribution in [0.4, 0.5) is 17.1 Å². The Hall–Kier alpha value is -4.14. The maximum Gasteiger partial charge on any atom is 1.00 e. The predicted molar refractivity (Wildman–Crippen MR) is 179 cm³/mol. The molecule has 19 heteroatoms. The van der Waals surface area contributed by atoms with Crippen molar-refractivity contribution in [1.29, 1.82) is 0 Å². The normalized spacial score (nSPS) is 15.3. The van der Waals surface area contributed by atoms with E-state index in [0.717, 1.165) is 18.2 Å². The average molecular weight is 743 g/mol. The van der Waals surface area contributed by atoms with E-state index in [-0.39, 0.29) is 92.7 Å². The van der Waals surface area contributed by atoms with Crippen LogP contribution < -0.4 is 69.6 Å². The maximum absolute atomic E-state index is 12.4. The molecule has 4 aromatic carbocycles. The first-order valence-electron chi connectivity index (χ1n) is 14.0. The van der Waals surface area contributed by atoms with Gasteiger partial charge >= 0.3 is 59.1 Å². The van der Waals surface area contributed by atoms with E-state index in [9.17, 15) is 41.2 Å². The predicted octanol–water partition coefficient (Wildman–Crippen LogP) is -1.59. The molecule has 2 aliphatic rings. The van der Waals surface area contributed by atoms with Gasteiger partial charge in [-0.25, -0.2) is 13.4 Å². The van der Waals surface area contributed by atoms with Crippen LogP contribution in [0.2, 0.25) is 0 Å². The van der Waals surface area contributed by atoms with Gasteiger partial charge in [0.2, 0.25) is 0 Å². The van der Waals surface area contributed by atoms with Crippen LogP contribution in [0.3, 0.4) is 0 Å². The van der Waals surface area contributed by atoms with Gasteiger partial charge in [0, 0.05) is 28.6 Å². The Morgan fingerprint density at radius 3 is 2.00 bits per heavy atom. The summed E-state index contributed by atoms with van der Waals surface area (Å²) in [6, 6.07) is 16.7. The zero-order chi connectivity index (χ0) is 34.9. The summed E-state index contributed by atoms with van der Waals surface area (Å²) in [6.07, 6.45) is 9.32. The molecule has 2 N–H and O–H groups in total. The zero-order valence-electron chi connectivity index (χ0n) is 26.7. The van der Waals surface area contributed by atoms with Gasteiger partial charge in [0.1, 0.15) is 15.0 Å². The van der Waals surface area contributed by atoms with Crippen LogP contribution in [0, 0.1) is 10.1 Å². The minimum Gasteiger partial charge on any atom is -0.872 e. The minimum atomic E-state index is -5.05. The molecule has 0 amide bonds. The van der Waals surface area contributed by atoms with Gasteiger partial charge in [-0.1, -0.05) is 48.5 Å². The van der Waals surface area contributed by atoms with Crippen LogP contribution in [0.1, 0.15) is 11.1 Å². The number of hydrazone groups is 1. The Balaban J connectivity index is 0.00000292. The minimum absolute atomic E-state index is 0. The molecule has 0 saturated heterocycles. The number of non-ortho nitro benzene ring substituents is 1. The summed E-state index contributed by atoms with van der Waals surface area (Å²) >= 11 is 0. The fourth-order valence-electron chi connectivity index (χ4n) is 4.96. The van der Waals surface area contributed by atoms with Gasteiger partial charge in [-0.05, 0) is 54.0 Å². The Kier molecular flexibility index (Phi) is 12.5. The van der Waals surface area contributed by atoms with Crippen molar-refractivity contribution in [3.8, 4) is 5.75 Å². The van der Waals surface area contributed by atoms with Crippen LogP contribution in [-0.2, 0) is 20.2 Å². The number of nitro groups is 1. The van der Waals surface area contributed by atoms with Crippen LogP contribution in [0.25, 0.3) is 10.8 Å². The van der Waals surface area contributed by atoms with Gasteiger partial charge < -0.3 is 9.66 Å². The van der Waals surface area contributed by atoms with Crippen molar-refractivity contribution in [2.45, 2.75) is 9.79 Å². The number of hydrogen-bond acceptors (Lipinski definition) is 13. The number of anilines is 1. The van der Waals surface area contributed by atoms with Gasteiger partial charge in [-0.3, -0.25) is 20.1 Å². The van der Waals surface area contributed by atoms with Crippen molar-refractivity contribution >= 4 is 70.9 Å². The molecule has 246 valence electrons. The van der Waals surface area contributed by atoms with E-state index in [1.165, 1.54) is 36.4 Å². The molecule has 0 aromatic heterocycles. The second kappa shape index (κ2) is 16.0. The number of hydrogen-bond donors (Lipinski definition) is 2. The molecular weight excluding hydrogens is 722 g/mol. The van der Waals surface area contributed by atoms with Gasteiger partial charge in [0.05, 0.1) is 44.0 Å². The van der Waals surface area contributed by atoms with E-state index in [0.29, 0.717) is 34.3 Å². The van der Waals surface area contributed by atoms with Crippen LogP contribution in [0.15, 0.2) is 139 Å². The smallest absolute Gasteiger partial charge is 0.872 e. The standard InChI is InChI=1S/C32H22N6O9S2.2Na/c39-29-7-3-6-25-24(29)13-17-30(48(42,43)44)32(25)37-36-27-16-15-26(22-4-1-2-5-23(22)27)35-34-20-10-8-19(9-11-20)33-28-14-12-21(38(40)41)18-31(28)49(45,46)47;;/h1-18,37,39H,(H,42,43,44)(H,45,46,47);;/q;2*+1/p-2. The quantitative estimate of drug-likeness (QED) is 0.0724. The number of benzene rings is 4. The van der Waals surface area contributed by atoms with Gasteiger partial charge in [-0.2, -0.15) is 18.6 Å². The maximum atomic E-state index is 12.4. The molecule has 0 unspecified atom stereocenters. The third-order valence-electron chi connectivity index (χ3n) is 7.22. The second-order valence-electron chi connectivity index (χ2n) is 10.3. The summed E-state index contributed by atoms with van der Waals surface area (Å²) in [4.78, 5) is 13.1. The molecule has 2 aliphatic carbocycles. The first-order valence-corrected chi connectivity index (χ1v) is 16.8. The fraction of sp³-hybridized carbons (Fsp3) is 0. The summed E-state index contributed by atoms with van der Waals surface area (Å²) in [6.45, 7) is 0. The topological polar surface area (TPSA) is 239 Å². The van der Waals surface area contributed by atoms with Crippen molar-refractivity contribution in [1.82, 2.24) is 0 Å². The number of fused-ring (bicyclic) bond motifs is 2. The average Bonchev–Trinajstić information content (AvgIpc) is 3.06. The number of nitrogens with zero attached hydrogens (tertiary/aromatic N) is 5.